The van der Waals surface area contributed by atoms with Crippen LogP contribution in [0.15, 0.2) is 36.4 Å². The van der Waals surface area contributed by atoms with Crippen molar-refractivity contribution in [3.63, 3.8) is 0 Å². The second kappa shape index (κ2) is 7.82. The van der Waals surface area contributed by atoms with Crippen molar-refractivity contribution in [2.45, 2.75) is 25.8 Å². The molecule has 9 heteroatoms. The predicted molar refractivity (Wildman–Crippen MR) is 111 cm³/mol. The highest BCUT2D eigenvalue weighted by molar-refractivity contribution is 6.10. The van der Waals surface area contributed by atoms with E-state index < -0.39 is 29.9 Å². The lowest BCUT2D eigenvalue weighted by atomic mass is 9.92. The molecule has 0 radical (unpaired) electrons. The number of hydrogen-bond acceptors (Lipinski definition) is 6. The number of aryl methyl sites for hydroxylation is 1. The van der Waals surface area contributed by atoms with E-state index in [1.807, 2.05) is 19.1 Å². The Morgan fingerprint density at radius 1 is 1.19 bits per heavy atom. The molecule has 1 saturated heterocycles. The van der Waals surface area contributed by atoms with Crippen molar-refractivity contribution < 1.29 is 28.6 Å². The molecule has 2 heterocycles. The van der Waals surface area contributed by atoms with Crippen LogP contribution in [0, 0.1) is 6.92 Å². The highest BCUT2D eigenvalue weighted by Gasteiger charge is 2.48. The summed E-state index contributed by atoms with van der Waals surface area (Å²) in [6.45, 7) is 3.27. The number of urea groups is 1. The third-order valence-electron chi connectivity index (χ3n) is 5.27. The third kappa shape index (κ3) is 3.98. The Labute approximate surface area is 179 Å². The standard InChI is InChI=1S/C22H23N3O6/c1-13-4-6-16(29-3)15(8-13)23-19(26)11-25-20(27)22(2,24-21(25)28)10-14-5-7-17-18(9-14)31-12-30-17/h4-9H,10-12H2,1-3H3,(H,23,26)(H,24,28). The first-order valence-corrected chi connectivity index (χ1v) is 9.76. The Bertz CT molecular complexity index is 1070. The molecule has 2 aliphatic heterocycles. The molecular formula is C22H23N3O6. The van der Waals surface area contributed by atoms with Gasteiger partial charge in [0.2, 0.25) is 12.7 Å². The molecule has 0 saturated carbocycles. The summed E-state index contributed by atoms with van der Waals surface area (Å²) in [5.74, 6) is 0.756. The lowest BCUT2D eigenvalue weighted by Gasteiger charge is -2.22. The number of methoxy groups -OCH3 is 1. The maximum atomic E-state index is 13.0. The van der Waals surface area contributed by atoms with Gasteiger partial charge in [-0.3, -0.25) is 14.5 Å². The summed E-state index contributed by atoms with van der Waals surface area (Å²) in [5.41, 5.74) is 1.03. The van der Waals surface area contributed by atoms with Crippen molar-refractivity contribution in [1.82, 2.24) is 10.2 Å². The van der Waals surface area contributed by atoms with Crippen LogP contribution in [0.5, 0.6) is 17.2 Å². The maximum absolute atomic E-state index is 13.0. The largest absolute Gasteiger partial charge is 0.495 e. The van der Waals surface area contributed by atoms with Gasteiger partial charge in [0.1, 0.15) is 17.8 Å². The molecule has 1 unspecified atom stereocenters. The quantitative estimate of drug-likeness (QED) is 0.688. The molecule has 31 heavy (non-hydrogen) atoms. The molecule has 2 aromatic carbocycles. The zero-order valence-electron chi connectivity index (χ0n) is 17.5. The fourth-order valence-electron chi connectivity index (χ4n) is 3.72. The molecule has 1 atom stereocenters. The average Bonchev–Trinajstić information content (AvgIpc) is 3.26. The van der Waals surface area contributed by atoms with Gasteiger partial charge in [-0.2, -0.15) is 0 Å². The Morgan fingerprint density at radius 2 is 1.97 bits per heavy atom. The summed E-state index contributed by atoms with van der Waals surface area (Å²) in [6, 6.07) is 10.1. The van der Waals surface area contributed by atoms with E-state index in [4.69, 9.17) is 14.2 Å². The van der Waals surface area contributed by atoms with Gasteiger partial charge in [-0.05, 0) is 49.2 Å². The lowest BCUT2D eigenvalue weighted by molar-refractivity contribution is -0.133. The van der Waals surface area contributed by atoms with Crippen molar-refractivity contribution in [3.8, 4) is 17.2 Å². The number of imide groups is 1. The summed E-state index contributed by atoms with van der Waals surface area (Å²) >= 11 is 0. The Kier molecular flexibility index (Phi) is 5.18. The Morgan fingerprint density at radius 3 is 2.74 bits per heavy atom. The van der Waals surface area contributed by atoms with E-state index in [9.17, 15) is 14.4 Å². The molecule has 2 aliphatic rings. The average molecular weight is 425 g/mol. The summed E-state index contributed by atoms with van der Waals surface area (Å²) in [6.07, 6.45) is 0.248. The van der Waals surface area contributed by atoms with Gasteiger partial charge in [-0.1, -0.05) is 12.1 Å². The highest BCUT2D eigenvalue weighted by Crippen LogP contribution is 2.34. The number of benzene rings is 2. The number of nitrogens with one attached hydrogen (secondary N) is 2. The van der Waals surface area contributed by atoms with Crippen molar-refractivity contribution >= 4 is 23.5 Å². The molecule has 2 aromatic rings. The molecule has 0 aliphatic carbocycles. The van der Waals surface area contributed by atoms with Crippen LogP contribution in [0.4, 0.5) is 10.5 Å². The van der Waals surface area contributed by atoms with Crippen LogP contribution in [0.25, 0.3) is 0 Å². The van der Waals surface area contributed by atoms with Crippen LogP contribution in [0.2, 0.25) is 0 Å². The topological polar surface area (TPSA) is 106 Å². The van der Waals surface area contributed by atoms with Crippen LogP contribution in [0.3, 0.4) is 0 Å². The molecule has 9 nitrogen and oxygen atoms in total. The van der Waals surface area contributed by atoms with E-state index >= 15 is 0 Å². The number of carbonyl (C=O) groups excluding carboxylic acids is 3. The van der Waals surface area contributed by atoms with Crippen LogP contribution in [-0.2, 0) is 16.0 Å². The minimum absolute atomic E-state index is 0.153. The molecule has 4 rings (SSSR count). The van der Waals surface area contributed by atoms with Gasteiger partial charge in [0.25, 0.3) is 5.91 Å². The normalized spacial score (nSPS) is 19.4. The van der Waals surface area contributed by atoms with E-state index in [0.29, 0.717) is 22.9 Å². The number of fused-ring (bicyclic) bond motifs is 1. The number of nitrogens with zero attached hydrogens (tertiary/aromatic N) is 1. The first kappa shape index (κ1) is 20.5. The summed E-state index contributed by atoms with van der Waals surface area (Å²) < 4.78 is 15.9. The number of carbonyl (C=O) groups is 3. The smallest absolute Gasteiger partial charge is 0.325 e. The van der Waals surface area contributed by atoms with E-state index in [1.165, 1.54) is 7.11 Å². The molecule has 0 aromatic heterocycles. The summed E-state index contributed by atoms with van der Waals surface area (Å²) in [4.78, 5) is 39.0. The van der Waals surface area contributed by atoms with E-state index in [0.717, 1.165) is 16.0 Å². The Hall–Kier alpha value is -3.75. The molecule has 4 amide bonds. The Balaban J connectivity index is 1.45. The van der Waals surface area contributed by atoms with Gasteiger partial charge in [0.15, 0.2) is 11.5 Å². The lowest BCUT2D eigenvalue weighted by Crippen LogP contribution is -2.46. The SMILES string of the molecule is COc1ccc(C)cc1NC(=O)CN1C(=O)NC(C)(Cc2ccc3c(c2)OCO3)C1=O. The van der Waals surface area contributed by atoms with Crippen LogP contribution in [-0.4, -0.2) is 48.7 Å². The summed E-state index contributed by atoms with van der Waals surface area (Å²) in [7, 11) is 1.50. The van der Waals surface area contributed by atoms with Crippen LogP contribution < -0.4 is 24.8 Å². The number of rotatable bonds is 6. The number of anilines is 1. The minimum atomic E-state index is -1.17. The van der Waals surface area contributed by atoms with Gasteiger partial charge in [0.05, 0.1) is 12.8 Å². The third-order valence-corrected chi connectivity index (χ3v) is 5.27. The number of amides is 4. The first-order valence-electron chi connectivity index (χ1n) is 9.76. The molecule has 0 bridgehead atoms. The monoisotopic (exact) mass is 425 g/mol. The second-order valence-corrected chi connectivity index (χ2v) is 7.77. The van der Waals surface area contributed by atoms with E-state index in [-0.39, 0.29) is 13.2 Å². The fraction of sp³-hybridized carbons (Fsp3) is 0.318. The van der Waals surface area contributed by atoms with Crippen molar-refractivity contribution in [1.29, 1.82) is 0 Å². The van der Waals surface area contributed by atoms with Crippen molar-refractivity contribution in [2.24, 2.45) is 0 Å². The van der Waals surface area contributed by atoms with Gasteiger partial charge < -0.3 is 24.8 Å². The molecule has 0 spiro atoms. The van der Waals surface area contributed by atoms with E-state index in [1.54, 1.807) is 31.2 Å². The van der Waals surface area contributed by atoms with Gasteiger partial charge in [-0.25, -0.2) is 4.79 Å². The zero-order valence-corrected chi connectivity index (χ0v) is 17.5. The fourth-order valence-corrected chi connectivity index (χ4v) is 3.72. The van der Waals surface area contributed by atoms with Crippen LogP contribution >= 0.6 is 0 Å². The predicted octanol–water partition coefficient (Wildman–Crippen LogP) is 2.22. The van der Waals surface area contributed by atoms with Gasteiger partial charge in [-0.15, -0.1) is 0 Å². The van der Waals surface area contributed by atoms with Crippen molar-refractivity contribution in [2.75, 3.05) is 25.8 Å². The zero-order chi connectivity index (χ0) is 22.2. The highest BCUT2D eigenvalue weighted by atomic mass is 16.7. The molecule has 2 N–H and O–H groups in total. The van der Waals surface area contributed by atoms with Gasteiger partial charge in [0, 0.05) is 6.42 Å². The first-order chi connectivity index (χ1) is 14.8. The van der Waals surface area contributed by atoms with E-state index in [2.05, 4.69) is 10.6 Å². The van der Waals surface area contributed by atoms with Crippen molar-refractivity contribution in [3.05, 3.63) is 47.5 Å². The molecule has 162 valence electrons. The summed E-state index contributed by atoms with van der Waals surface area (Å²) in [5, 5.41) is 5.42. The molecule has 1 fully saturated rings. The maximum Gasteiger partial charge on any atom is 0.325 e. The number of hydrogen-bond donors (Lipinski definition) is 2. The van der Waals surface area contributed by atoms with Crippen LogP contribution in [0.1, 0.15) is 18.1 Å². The van der Waals surface area contributed by atoms with Gasteiger partial charge >= 0.3 is 6.03 Å². The molecular weight excluding hydrogens is 402 g/mol. The number of ether oxygens (including phenoxy) is 3. The minimum Gasteiger partial charge on any atom is -0.495 e. The second-order valence-electron chi connectivity index (χ2n) is 7.77.